The van der Waals surface area contributed by atoms with Gasteiger partial charge in [0, 0.05) is 16.6 Å². The Morgan fingerprint density at radius 1 is 1.61 bits per heavy atom. The smallest absolute Gasteiger partial charge is 0.233 e. The summed E-state index contributed by atoms with van der Waals surface area (Å²) in [5.41, 5.74) is 6.24. The number of carbonyl (C=O) groups excluding carboxylic acids is 1. The van der Waals surface area contributed by atoms with E-state index < -0.39 is 0 Å². The fraction of sp³-hybridized carbons (Fsp3) is 0.538. The first-order valence-electron chi connectivity index (χ1n) is 6.04. The summed E-state index contributed by atoms with van der Waals surface area (Å²) in [4.78, 5) is 16.9. The van der Waals surface area contributed by atoms with Crippen molar-refractivity contribution in [2.45, 2.75) is 49.8 Å². The van der Waals surface area contributed by atoms with Gasteiger partial charge < -0.3 is 11.1 Å². The van der Waals surface area contributed by atoms with Crippen molar-refractivity contribution in [2.75, 3.05) is 5.73 Å². The first-order chi connectivity index (χ1) is 8.35. The zero-order valence-electron chi connectivity index (χ0n) is 11.4. The molecule has 0 radical (unpaired) electrons. The van der Waals surface area contributed by atoms with Gasteiger partial charge in [0.15, 0.2) is 0 Å². The molecule has 1 aromatic rings. The molecule has 0 aliphatic rings. The van der Waals surface area contributed by atoms with Gasteiger partial charge in [0.05, 0.1) is 17.1 Å². The molecule has 0 aromatic carbocycles. The lowest BCUT2D eigenvalue weighted by atomic mass is 10.0. The maximum Gasteiger partial charge on any atom is 0.233 e. The summed E-state index contributed by atoms with van der Waals surface area (Å²) in [7, 11) is 0. The van der Waals surface area contributed by atoms with E-state index in [1.54, 1.807) is 12.4 Å². The lowest BCUT2D eigenvalue weighted by molar-refractivity contribution is -0.121. The SMILES string of the molecule is CCC(C)(C)NC(=O)C(C)Sc1ccncc1N. The highest BCUT2D eigenvalue weighted by atomic mass is 32.2. The summed E-state index contributed by atoms with van der Waals surface area (Å²) in [6.45, 7) is 7.97. The van der Waals surface area contributed by atoms with Gasteiger partial charge in [0.1, 0.15) is 0 Å². The average Bonchev–Trinajstić information content (AvgIpc) is 2.31. The number of nitrogen functional groups attached to an aromatic ring is 1. The van der Waals surface area contributed by atoms with E-state index in [1.807, 2.05) is 26.8 Å². The molecule has 3 N–H and O–H groups in total. The van der Waals surface area contributed by atoms with Crippen molar-refractivity contribution in [1.29, 1.82) is 0 Å². The zero-order chi connectivity index (χ0) is 13.8. The van der Waals surface area contributed by atoms with Crippen molar-refractivity contribution in [2.24, 2.45) is 0 Å². The van der Waals surface area contributed by atoms with Crippen LogP contribution in [-0.2, 0) is 4.79 Å². The Morgan fingerprint density at radius 3 is 2.83 bits per heavy atom. The highest BCUT2D eigenvalue weighted by molar-refractivity contribution is 8.00. The van der Waals surface area contributed by atoms with Crippen LogP contribution in [0.15, 0.2) is 23.4 Å². The number of thioether (sulfide) groups is 1. The van der Waals surface area contributed by atoms with E-state index in [0.717, 1.165) is 11.3 Å². The van der Waals surface area contributed by atoms with Gasteiger partial charge in [-0.2, -0.15) is 0 Å². The summed E-state index contributed by atoms with van der Waals surface area (Å²) in [6, 6.07) is 1.83. The molecule has 0 bridgehead atoms. The Morgan fingerprint density at radius 2 is 2.28 bits per heavy atom. The van der Waals surface area contributed by atoms with Gasteiger partial charge in [0.2, 0.25) is 5.91 Å². The number of amides is 1. The fourth-order valence-corrected chi connectivity index (χ4v) is 2.14. The Hall–Kier alpha value is -1.23. The molecular formula is C13H21N3OS. The third-order valence-electron chi connectivity index (χ3n) is 2.83. The van der Waals surface area contributed by atoms with Crippen molar-refractivity contribution in [3.05, 3.63) is 18.5 Å². The Kier molecular flexibility index (Phi) is 5.02. The molecule has 1 rings (SSSR count). The summed E-state index contributed by atoms with van der Waals surface area (Å²) < 4.78 is 0. The van der Waals surface area contributed by atoms with E-state index in [2.05, 4.69) is 17.2 Å². The van der Waals surface area contributed by atoms with Crippen LogP contribution in [0, 0.1) is 0 Å². The van der Waals surface area contributed by atoms with Crippen molar-refractivity contribution in [3.8, 4) is 0 Å². The summed E-state index contributed by atoms with van der Waals surface area (Å²) >= 11 is 1.45. The van der Waals surface area contributed by atoms with Crippen LogP contribution in [-0.4, -0.2) is 21.7 Å². The largest absolute Gasteiger partial charge is 0.397 e. The number of nitrogens with zero attached hydrogens (tertiary/aromatic N) is 1. The van der Waals surface area contributed by atoms with Crippen LogP contribution in [0.4, 0.5) is 5.69 Å². The molecule has 100 valence electrons. The standard InChI is InChI=1S/C13H21N3OS/c1-5-13(3,4)16-12(17)9(2)18-11-6-7-15-8-10(11)14/h6-9H,5,14H2,1-4H3,(H,16,17). The third-order valence-corrected chi connectivity index (χ3v) is 4.02. The Bertz CT molecular complexity index is 420. The molecule has 0 saturated carbocycles. The summed E-state index contributed by atoms with van der Waals surface area (Å²) in [6.07, 6.45) is 4.18. The number of pyridine rings is 1. The number of nitrogens with one attached hydrogen (secondary N) is 1. The predicted octanol–water partition coefficient (Wildman–Crippen LogP) is 2.45. The van der Waals surface area contributed by atoms with E-state index in [1.165, 1.54) is 11.8 Å². The van der Waals surface area contributed by atoms with Crippen LogP contribution < -0.4 is 11.1 Å². The van der Waals surface area contributed by atoms with Gasteiger partial charge in [-0.25, -0.2) is 0 Å². The van der Waals surface area contributed by atoms with Gasteiger partial charge in [-0.1, -0.05) is 6.92 Å². The number of rotatable bonds is 5. The number of anilines is 1. The quantitative estimate of drug-likeness (QED) is 0.804. The zero-order valence-corrected chi connectivity index (χ0v) is 12.2. The molecule has 4 nitrogen and oxygen atoms in total. The second kappa shape index (κ2) is 6.09. The van der Waals surface area contributed by atoms with Crippen molar-refractivity contribution in [1.82, 2.24) is 10.3 Å². The Balaban J connectivity index is 2.63. The third kappa shape index (κ3) is 4.22. The van der Waals surface area contributed by atoms with Gasteiger partial charge in [-0.15, -0.1) is 11.8 Å². The second-order valence-electron chi connectivity index (χ2n) is 4.90. The molecule has 1 amide bonds. The van der Waals surface area contributed by atoms with Gasteiger partial charge in [-0.3, -0.25) is 9.78 Å². The number of aromatic nitrogens is 1. The van der Waals surface area contributed by atoms with Crippen molar-refractivity contribution in [3.63, 3.8) is 0 Å². The molecule has 1 unspecified atom stereocenters. The van der Waals surface area contributed by atoms with E-state index in [0.29, 0.717) is 5.69 Å². The van der Waals surface area contributed by atoms with Gasteiger partial charge in [0.25, 0.3) is 0 Å². The van der Waals surface area contributed by atoms with Crippen LogP contribution in [0.25, 0.3) is 0 Å². The number of hydrogen-bond acceptors (Lipinski definition) is 4. The fourth-order valence-electron chi connectivity index (χ4n) is 1.27. The molecular weight excluding hydrogens is 246 g/mol. The minimum atomic E-state index is -0.180. The van der Waals surface area contributed by atoms with Crippen LogP contribution in [0.5, 0.6) is 0 Å². The van der Waals surface area contributed by atoms with Crippen molar-refractivity contribution < 1.29 is 4.79 Å². The van der Waals surface area contributed by atoms with E-state index in [-0.39, 0.29) is 16.7 Å². The minimum absolute atomic E-state index is 0.0306. The van der Waals surface area contributed by atoms with Crippen LogP contribution in [0.2, 0.25) is 0 Å². The number of hydrogen-bond donors (Lipinski definition) is 2. The highest BCUT2D eigenvalue weighted by Crippen LogP contribution is 2.28. The molecule has 0 aliphatic carbocycles. The first-order valence-corrected chi connectivity index (χ1v) is 6.92. The molecule has 0 aliphatic heterocycles. The van der Waals surface area contributed by atoms with E-state index >= 15 is 0 Å². The molecule has 0 spiro atoms. The molecule has 0 fully saturated rings. The first kappa shape index (κ1) is 14.8. The van der Waals surface area contributed by atoms with Crippen molar-refractivity contribution >= 4 is 23.4 Å². The monoisotopic (exact) mass is 267 g/mol. The predicted molar refractivity (Wildman–Crippen MR) is 76.5 cm³/mol. The summed E-state index contributed by atoms with van der Waals surface area (Å²) in [5, 5.41) is 2.85. The average molecular weight is 267 g/mol. The maximum absolute atomic E-state index is 12.0. The van der Waals surface area contributed by atoms with Gasteiger partial charge in [-0.05, 0) is 33.3 Å². The van der Waals surface area contributed by atoms with E-state index in [4.69, 9.17) is 5.73 Å². The number of carbonyl (C=O) groups is 1. The topological polar surface area (TPSA) is 68.0 Å². The van der Waals surface area contributed by atoms with Crippen LogP contribution in [0.3, 0.4) is 0 Å². The normalized spacial score (nSPS) is 13.1. The van der Waals surface area contributed by atoms with E-state index in [9.17, 15) is 4.79 Å². The van der Waals surface area contributed by atoms with Crippen LogP contribution in [0.1, 0.15) is 34.1 Å². The highest BCUT2D eigenvalue weighted by Gasteiger charge is 2.22. The Labute approximate surface area is 113 Å². The summed E-state index contributed by atoms with van der Waals surface area (Å²) in [5.74, 6) is 0.0306. The van der Waals surface area contributed by atoms with Gasteiger partial charge >= 0.3 is 0 Å². The lowest BCUT2D eigenvalue weighted by Crippen LogP contribution is -2.46. The minimum Gasteiger partial charge on any atom is -0.397 e. The lowest BCUT2D eigenvalue weighted by Gasteiger charge is -2.26. The molecule has 18 heavy (non-hydrogen) atoms. The number of nitrogens with two attached hydrogens (primary N) is 1. The van der Waals surface area contributed by atoms with Crippen LogP contribution >= 0.6 is 11.8 Å². The molecule has 5 heteroatoms. The molecule has 1 aromatic heterocycles. The molecule has 1 heterocycles. The molecule has 0 saturated heterocycles. The second-order valence-corrected chi connectivity index (χ2v) is 6.28. The molecule has 1 atom stereocenters. The maximum atomic E-state index is 12.0.